The van der Waals surface area contributed by atoms with Gasteiger partial charge in [-0.25, -0.2) is 9.97 Å². The molecule has 2 aromatic heterocycles. The molecule has 7 nitrogen and oxygen atoms in total. The summed E-state index contributed by atoms with van der Waals surface area (Å²) in [6.45, 7) is 17.4. The van der Waals surface area contributed by atoms with Crippen LogP contribution in [0.3, 0.4) is 0 Å². The molecule has 0 amide bonds. The van der Waals surface area contributed by atoms with Crippen molar-refractivity contribution in [2.24, 2.45) is 11.8 Å². The number of imidazole rings is 1. The average Bonchev–Trinajstić information content (AvgIpc) is 3.29. The summed E-state index contributed by atoms with van der Waals surface area (Å²) in [5.41, 5.74) is 1.54. The van der Waals surface area contributed by atoms with Crippen molar-refractivity contribution in [3.05, 3.63) is 12.2 Å². The van der Waals surface area contributed by atoms with E-state index in [9.17, 15) is 0 Å². The minimum Gasteiger partial charge on any atom is -0.473 e. The molecule has 1 saturated carbocycles. The van der Waals surface area contributed by atoms with Gasteiger partial charge in [0.25, 0.3) is 0 Å². The Hall–Kier alpha value is -1.51. The van der Waals surface area contributed by atoms with Gasteiger partial charge in [-0.1, -0.05) is 27.7 Å². The smallest absolute Gasteiger partial charge is 0.245 e. The van der Waals surface area contributed by atoms with Gasteiger partial charge in [0.2, 0.25) is 5.88 Å². The molecule has 0 radical (unpaired) electrons. The summed E-state index contributed by atoms with van der Waals surface area (Å²) in [4.78, 5) is 13.9. The molecule has 0 bridgehead atoms. The van der Waals surface area contributed by atoms with Crippen LogP contribution in [0.25, 0.3) is 11.2 Å². The minimum absolute atomic E-state index is 0.000677. The fourth-order valence-corrected chi connectivity index (χ4v) is 5.59. The molecule has 8 heteroatoms. The topological polar surface area (TPSA) is 71.3 Å². The average molecular weight is 461 g/mol. The molecule has 1 saturated heterocycles. The highest BCUT2D eigenvalue weighted by Crippen LogP contribution is 2.40. The maximum absolute atomic E-state index is 6.53. The van der Waals surface area contributed by atoms with E-state index in [1.807, 2.05) is 17.8 Å². The number of hydrogen-bond donors (Lipinski definition) is 0. The van der Waals surface area contributed by atoms with Crippen molar-refractivity contribution in [2.75, 3.05) is 13.2 Å². The van der Waals surface area contributed by atoms with Gasteiger partial charge in [0.1, 0.15) is 18.2 Å². The maximum atomic E-state index is 6.53. The first kappa shape index (κ1) is 23.6. The molecular formula is C24H40N4O3Si. The highest BCUT2D eigenvalue weighted by Gasteiger charge is 2.40. The molecule has 3 heterocycles. The van der Waals surface area contributed by atoms with Crippen LogP contribution < -0.4 is 4.74 Å². The lowest BCUT2D eigenvalue weighted by Gasteiger charge is -2.37. The van der Waals surface area contributed by atoms with Crippen molar-refractivity contribution in [2.45, 2.75) is 97.2 Å². The quantitative estimate of drug-likeness (QED) is 0.519. The van der Waals surface area contributed by atoms with E-state index in [0.29, 0.717) is 23.5 Å². The zero-order valence-corrected chi connectivity index (χ0v) is 21.9. The molecule has 32 heavy (non-hydrogen) atoms. The van der Waals surface area contributed by atoms with Gasteiger partial charge in [0.05, 0.1) is 6.33 Å². The number of fused-ring (bicyclic) bond motifs is 1. The SMILES string of the molecule is Cc1nc(O[C@@H]2C[C@@H](CO[Si](C)(C)C(C)(C)C)[C@@H](C)C2)c2ncn(C3CCCCO3)c2n1. The summed E-state index contributed by atoms with van der Waals surface area (Å²) in [5.74, 6) is 2.39. The molecule has 0 spiro atoms. The van der Waals surface area contributed by atoms with E-state index >= 15 is 0 Å². The van der Waals surface area contributed by atoms with Crippen molar-refractivity contribution in [3.8, 4) is 5.88 Å². The van der Waals surface area contributed by atoms with Gasteiger partial charge < -0.3 is 13.9 Å². The van der Waals surface area contributed by atoms with Crippen LogP contribution in [0.1, 0.15) is 71.9 Å². The minimum atomic E-state index is -1.74. The Morgan fingerprint density at radius 2 is 1.97 bits per heavy atom. The second kappa shape index (κ2) is 9.03. The van der Waals surface area contributed by atoms with Gasteiger partial charge in [-0.05, 0) is 69.0 Å². The predicted octanol–water partition coefficient (Wildman–Crippen LogP) is 5.65. The molecule has 0 N–H and O–H groups in total. The highest BCUT2D eigenvalue weighted by molar-refractivity contribution is 6.74. The second-order valence-corrected chi connectivity index (χ2v) is 16.1. The first-order chi connectivity index (χ1) is 15.0. The van der Waals surface area contributed by atoms with Crippen LogP contribution in [0.4, 0.5) is 0 Å². The van der Waals surface area contributed by atoms with Gasteiger partial charge in [0.15, 0.2) is 19.5 Å². The third kappa shape index (κ3) is 4.87. The second-order valence-electron chi connectivity index (χ2n) is 11.2. The van der Waals surface area contributed by atoms with E-state index in [0.717, 1.165) is 56.5 Å². The monoisotopic (exact) mass is 460 g/mol. The Morgan fingerprint density at radius 1 is 1.19 bits per heavy atom. The number of hydrogen-bond acceptors (Lipinski definition) is 6. The molecule has 4 rings (SSSR count). The lowest BCUT2D eigenvalue weighted by atomic mass is 10.00. The van der Waals surface area contributed by atoms with Crippen LogP contribution in [0.5, 0.6) is 5.88 Å². The summed E-state index contributed by atoms with van der Waals surface area (Å²) in [5, 5.41) is 0.232. The van der Waals surface area contributed by atoms with Crippen molar-refractivity contribution in [1.82, 2.24) is 19.5 Å². The van der Waals surface area contributed by atoms with E-state index in [1.165, 1.54) is 0 Å². The largest absolute Gasteiger partial charge is 0.473 e. The Morgan fingerprint density at radius 3 is 2.66 bits per heavy atom. The molecule has 2 aliphatic rings. The van der Waals surface area contributed by atoms with Crippen LogP contribution in [0.15, 0.2) is 6.33 Å². The van der Waals surface area contributed by atoms with Crippen molar-refractivity contribution in [1.29, 1.82) is 0 Å². The highest BCUT2D eigenvalue weighted by atomic mass is 28.4. The Bertz CT molecular complexity index is 933. The van der Waals surface area contributed by atoms with Gasteiger partial charge in [-0.15, -0.1) is 0 Å². The van der Waals surface area contributed by atoms with Gasteiger partial charge >= 0.3 is 0 Å². The number of ether oxygens (including phenoxy) is 2. The molecule has 1 unspecified atom stereocenters. The van der Waals surface area contributed by atoms with Crippen LogP contribution >= 0.6 is 0 Å². The molecule has 4 atom stereocenters. The molecule has 2 aromatic rings. The summed E-state index contributed by atoms with van der Waals surface area (Å²) < 4.78 is 21.0. The normalized spacial score (nSPS) is 27.2. The molecule has 178 valence electrons. The fourth-order valence-electron chi connectivity index (χ4n) is 4.52. The van der Waals surface area contributed by atoms with Crippen LogP contribution in [0.2, 0.25) is 18.1 Å². The van der Waals surface area contributed by atoms with E-state index in [2.05, 4.69) is 55.7 Å². The van der Waals surface area contributed by atoms with Crippen molar-refractivity contribution in [3.63, 3.8) is 0 Å². The van der Waals surface area contributed by atoms with E-state index in [-0.39, 0.29) is 17.4 Å². The van der Waals surface area contributed by atoms with Crippen molar-refractivity contribution < 1.29 is 13.9 Å². The third-order valence-corrected chi connectivity index (χ3v) is 12.2. The van der Waals surface area contributed by atoms with Gasteiger partial charge in [-0.3, -0.25) is 4.57 Å². The van der Waals surface area contributed by atoms with Gasteiger partial charge in [-0.2, -0.15) is 4.98 Å². The summed E-state index contributed by atoms with van der Waals surface area (Å²) >= 11 is 0. The van der Waals surface area contributed by atoms with Crippen molar-refractivity contribution >= 4 is 19.5 Å². The van der Waals surface area contributed by atoms with Crippen LogP contribution in [-0.2, 0) is 9.16 Å². The van der Waals surface area contributed by atoms with Crippen LogP contribution in [0, 0.1) is 18.8 Å². The fraction of sp³-hybridized carbons (Fsp3) is 0.792. The van der Waals surface area contributed by atoms with E-state index in [1.54, 1.807) is 0 Å². The summed E-state index contributed by atoms with van der Waals surface area (Å²) in [6, 6.07) is 0. The lowest BCUT2D eigenvalue weighted by Crippen LogP contribution is -2.42. The number of aromatic nitrogens is 4. The first-order valence-corrected chi connectivity index (χ1v) is 15.1. The third-order valence-electron chi connectivity index (χ3n) is 7.71. The zero-order chi connectivity index (χ0) is 23.1. The van der Waals surface area contributed by atoms with E-state index < -0.39 is 8.32 Å². The Balaban J connectivity index is 1.46. The van der Waals surface area contributed by atoms with Crippen LogP contribution in [-0.4, -0.2) is 47.2 Å². The predicted molar refractivity (Wildman–Crippen MR) is 128 cm³/mol. The molecule has 1 aliphatic heterocycles. The number of rotatable bonds is 6. The summed E-state index contributed by atoms with van der Waals surface area (Å²) in [7, 11) is -1.74. The number of nitrogens with zero attached hydrogens (tertiary/aromatic N) is 4. The molecular weight excluding hydrogens is 420 g/mol. The summed E-state index contributed by atoms with van der Waals surface area (Å²) in [6.07, 6.45) is 7.23. The zero-order valence-electron chi connectivity index (χ0n) is 20.9. The van der Waals surface area contributed by atoms with Gasteiger partial charge in [0, 0.05) is 13.2 Å². The first-order valence-electron chi connectivity index (χ1n) is 12.2. The standard InChI is InChI=1S/C24H40N4O3Si/c1-16-12-19(13-18(16)14-30-32(6,7)24(3,4)5)31-23-21-22(26-17(2)27-23)28(15-25-21)20-10-8-9-11-29-20/h15-16,18-20H,8-14H2,1-7H3/t16-,18-,19-,20?/m0/s1. The maximum Gasteiger partial charge on any atom is 0.245 e. The lowest BCUT2D eigenvalue weighted by molar-refractivity contribution is -0.0298. The molecule has 2 fully saturated rings. The Kier molecular flexibility index (Phi) is 6.67. The molecule has 0 aromatic carbocycles. The van der Waals surface area contributed by atoms with E-state index in [4.69, 9.17) is 13.9 Å². The Labute approximate surface area is 193 Å². The molecule has 1 aliphatic carbocycles. The number of aryl methyl sites for hydroxylation is 1.